The van der Waals surface area contributed by atoms with Gasteiger partial charge >= 0.3 is 6.03 Å². The van der Waals surface area contributed by atoms with Gasteiger partial charge in [-0.15, -0.1) is 0 Å². The molecule has 0 aromatic heterocycles. The van der Waals surface area contributed by atoms with Crippen LogP contribution in [0.15, 0.2) is 53.0 Å². The Morgan fingerprint density at radius 1 is 1.00 bits per heavy atom. The molecule has 0 atom stereocenters. The molecule has 0 bridgehead atoms. The molecule has 4 rings (SSSR count). The largest absolute Gasteiger partial charge is 0.385 e. The van der Waals surface area contributed by atoms with Crippen molar-refractivity contribution in [1.29, 1.82) is 0 Å². The lowest BCUT2D eigenvalue weighted by atomic mass is 9.84. The number of likely N-dealkylation sites (tertiary alicyclic amines) is 1. The average Bonchev–Trinajstić information content (AvgIpc) is 2.67. The first-order valence-electron chi connectivity index (χ1n) is 10.4. The van der Waals surface area contributed by atoms with E-state index < -0.39 is 5.60 Å². The van der Waals surface area contributed by atoms with Gasteiger partial charge in [0.2, 0.25) is 5.91 Å². The molecule has 1 saturated carbocycles. The molecular weight excluding hydrogens is 446 g/mol. The summed E-state index contributed by atoms with van der Waals surface area (Å²) < 4.78 is 0.970. The molecule has 0 unspecified atom stereocenters. The van der Waals surface area contributed by atoms with Crippen LogP contribution in [0.25, 0.3) is 0 Å². The number of hydrogen-bond donors (Lipinski definition) is 3. The Labute approximate surface area is 184 Å². The molecule has 1 aliphatic heterocycles. The Hall–Kier alpha value is -2.38. The second-order valence-electron chi connectivity index (χ2n) is 8.15. The molecular formula is C23H26BrN3O3. The van der Waals surface area contributed by atoms with Crippen LogP contribution < -0.4 is 10.6 Å². The van der Waals surface area contributed by atoms with Gasteiger partial charge in [0.15, 0.2) is 0 Å². The van der Waals surface area contributed by atoms with Crippen molar-refractivity contribution in [2.45, 2.75) is 37.7 Å². The lowest BCUT2D eigenvalue weighted by Crippen LogP contribution is -2.46. The summed E-state index contributed by atoms with van der Waals surface area (Å²) in [5.74, 6) is 0.161. The van der Waals surface area contributed by atoms with Gasteiger partial charge in [0.25, 0.3) is 0 Å². The molecule has 1 heterocycles. The third kappa shape index (κ3) is 4.68. The zero-order valence-electron chi connectivity index (χ0n) is 16.7. The zero-order chi connectivity index (χ0) is 21.1. The van der Waals surface area contributed by atoms with Crippen molar-refractivity contribution in [3.63, 3.8) is 0 Å². The highest BCUT2D eigenvalue weighted by atomic mass is 79.9. The summed E-state index contributed by atoms with van der Waals surface area (Å²) in [5.41, 5.74) is 1.29. The first-order valence-corrected chi connectivity index (χ1v) is 11.2. The fraction of sp³-hybridized carbons (Fsp3) is 0.391. The highest BCUT2D eigenvalue weighted by Crippen LogP contribution is 2.34. The monoisotopic (exact) mass is 471 g/mol. The van der Waals surface area contributed by atoms with Crippen LogP contribution in [0, 0.1) is 5.92 Å². The number of benzene rings is 2. The zero-order valence-corrected chi connectivity index (χ0v) is 18.3. The van der Waals surface area contributed by atoms with E-state index >= 15 is 0 Å². The summed E-state index contributed by atoms with van der Waals surface area (Å²) in [6.07, 6.45) is 3.98. The molecule has 1 saturated heterocycles. The van der Waals surface area contributed by atoms with Gasteiger partial charge in [0.1, 0.15) is 0 Å². The highest BCUT2D eigenvalue weighted by Gasteiger charge is 2.35. The maximum absolute atomic E-state index is 12.7. The lowest BCUT2D eigenvalue weighted by molar-refractivity contribution is -0.122. The van der Waals surface area contributed by atoms with E-state index in [4.69, 9.17) is 0 Å². The van der Waals surface area contributed by atoms with Gasteiger partial charge in [-0.2, -0.15) is 0 Å². The summed E-state index contributed by atoms with van der Waals surface area (Å²) in [4.78, 5) is 26.6. The molecule has 3 amide bonds. The maximum Gasteiger partial charge on any atom is 0.321 e. The van der Waals surface area contributed by atoms with Gasteiger partial charge in [-0.25, -0.2) is 4.79 Å². The molecule has 0 radical (unpaired) electrons. The van der Waals surface area contributed by atoms with E-state index in [1.165, 1.54) is 0 Å². The SMILES string of the molecule is O=C(Nc1cccc(NC(=O)N2CCC(O)(c3ccc(Br)cc3)CC2)c1)C1CCC1. The quantitative estimate of drug-likeness (QED) is 0.603. The Morgan fingerprint density at radius 3 is 2.23 bits per heavy atom. The van der Waals surface area contributed by atoms with E-state index in [1.807, 2.05) is 36.4 Å². The molecule has 2 aromatic carbocycles. The summed E-state index contributed by atoms with van der Waals surface area (Å²) in [7, 11) is 0. The van der Waals surface area contributed by atoms with Crippen LogP contribution in [0.3, 0.4) is 0 Å². The summed E-state index contributed by atoms with van der Waals surface area (Å²) in [6.45, 7) is 0.938. The van der Waals surface area contributed by atoms with Gasteiger partial charge in [-0.3, -0.25) is 4.79 Å². The predicted molar refractivity (Wildman–Crippen MR) is 120 cm³/mol. The van der Waals surface area contributed by atoms with Crippen LogP contribution in [0.2, 0.25) is 0 Å². The molecule has 0 spiro atoms. The number of aliphatic hydroxyl groups is 1. The van der Waals surface area contributed by atoms with Gasteiger partial charge in [0, 0.05) is 34.9 Å². The summed E-state index contributed by atoms with van der Waals surface area (Å²) in [6, 6.07) is 14.7. The minimum absolute atomic E-state index is 0.0491. The van der Waals surface area contributed by atoms with Crippen LogP contribution in [0.4, 0.5) is 16.2 Å². The van der Waals surface area contributed by atoms with Crippen molar-refractivity contribution in [3.05, 3.63) is 58.6 Å². The topological polar surface area (TPSA) is 81.7 Å². The van der Waals surface area contributed by atoms with Crippen molar-refractivity contribution >= 4 is 39.2 Å². The number of hydrogen-bond acceptors (Lipinski definition) is 3. The van der Waals surface area contributed by atoms with Crippen LogP contribution in [0.1, 0.15) is 37.7 Å². The van der Waals surface area contributed by atoms with E-state index in [0.29, 0.717) is 37.3 Å². The van der Waals surface area contributed by atoms with Crippen LogP contribution in [-0.2, 0) is 10.4 Å². The van der Waals surface area contributed by atoms with Crippen LogP contribution in [-0.4, -0.2) is 35.0 Å². The molecule has 6 nitrogen and oxygen atoms in total. The average molecular weight is 472 g/mol. The Balaban J connectivity index is 1.33. The Morgan fingerprint density at radius 2 is 1.63 bits per heavy atom. The number of anilines is 2. The van der Waals surface area contributed by atoms with Gasteiger partial charge < -0.3 is 20.6 Å². The summed E-state index contributed by atoms with van der Waals surface area (Å²) >= 11 is 3.41. The maximum atomic E-state index is 12.7. The van der Waals surface area contributed by atoms with Crippen LogP contribution >= 0.6 is 15.9 Å². The molecule has 3 N–H and O–H groups in total. The van der Waals surface area contributed by atoms with Crippen molar-refractivity contribution in [1.82, 2.24) is 4.90 Å². The minimum atomic E-state index is -0.913. The molecule has 158 valence electrons. The minimum Gasteiger partial charge on any atom is -0.385 e. The molecule has 2 aromatic rings. The number of nitrogens with zero attached hydrogens (tertiary/aromatic N) is 1. The van der Waals surface area contributed by atoms with Crippen molar-refractivity contribution in [3.8, 4) is 0 Å². The number of rotatable bonds is 4. The molecule has 2 aliphatic rings. The number of amides is 3. The number of carbonyl (C=O) groups is 2. The third-order valence-electron chi connectivity index (χ3n) is 6.12. The van der Waals surface area contributed by atoms with Crippen LogP contribution in [0.5, 0.6) is 0 Å². The van der Waals surface area contributed by atoms with E-state index in [9.17, 15) is 14.7 Å². The Kier molecular flexibility index (Phi) is 6.11. The second-order valence-corrected chi connectivity index (χ2v) is 9.07. The van der Waals surface area contributed by atoms with E-state index in [2.05, 4.69) is 26.6 Å². The number of nitrogens with one attached hydrogen (secondary N) is 2. The molecule has 1 aliphatic carbocycles. The number of piperidine rings is 1. The van der Waals surface area contributed by atoms with Crippen molar-refractivity contribution in [2.24, 2.45) is 5.92 Å². The fourth-order valence-corrected chi connectivity index (χ4v) is 4.18. The summed E-state index contributed by atoms with van der Waals surface area (Å²) in [5, 5.41) is 16.8. The van der Waals surface area contributed by atoms with Crippen molar-refractivity contribution in [2.75, 3.05) is 23.7 Å². The second kappa shape index (κ2) is 8.78. The normalized spacial score (nSPS) is 18.4. The Bertz CT molecular complexity index is 920. The molecule has 30 heavy (non-hydrogen) atoms. The first kappa shape index (κ1) is 20.9. The first-order chi connectivity index (χ1) is 14.4. The number of halogens is 1. The van der Waals surface area contributed by atoms with Gasteiger partial charge in [-0.05, 0) is 61.6 Å². The van der Waals surface area contributed by atoms with E-state index in [-0.39, 0.29) is 17.9 Å². The molecule has 2 fully saturated rings. The number of urea groups is 1. The predicted octanol–water partition coefficient (Wildman–Crippen LogP) is 4.70. The number of carbonyl (C=O) groups excluding carboxylic acids is 2. The smallest absolute Gasteiger partial charge is 0.321 e. The lowest BCUT2D eigenvalue weighted by Gasteiger charge is -2.38. The van der Waals surface area contributed by atoms with E-state index in [0.717, 1.165) is 29.3 Å². The van der Waals surface area contributed by atoms with E-state index in [1.54, 1.807) is 17.0 Å². The fourth-order valence-electron chi connectivity index (χ4n) is 3.92. The molecule has 7 heteroatoms. The van der Waals surface area contributed by atoms with Crippen molar-refractivity contribution < 1.29 is 14.7 Å². The van der Waals surface area contributed by atoms with Gasteiger partial charge in [0.05, 0.1) is 5.60 Å². The highest BCUT2D eigenvalue weighted by molar-refractivity contribution is 9.10. The standard InChI is InChI=1S/C23H26BrN3O3/c24-18-9-7-17(8-10-18)23(30)11-13-27(14-12-23)22(29)26-20-6-2-5-19(15-20)25-21(28)16-3-1-4-16/h2,5-10,15-16,30H,1,3-4,11-14H2,(H,25,28)(H,26,29). The third-order valence-corrected chi connectivity index (χ3v) is 6.65. The van der Waals surface area contributed by atoms with Gasteiger partial charge in [-0.1, -0.05) is 40.5 Å².